The van der Waals surface area contributed by atoms with Gasteiger partial charge in [-0.3, -0.25) is 4.68 Å². The van der Waals surface area contributed by atoms with E-state index in [1.54, 1.807) is 23.0 Å². The van der Waals surface area contributed by atoms with Crippen LogP contribution in [0.4, 0.5) is 13.2 Å². The van der Waals surface area contributed by atoms with Crippen molar-refractivity contribution in [1.82, 2.24) is 19.7 Å². The van der Waals surface area contributed by atoms with E-state index in [0.29, 0.717) is 22.4 Å². The van der Waals surface area contributed by atoms with E-state index in [4.69, 9.17) is 0 Å². The Balaban J connectivity index is 1.69. The molecule has 0 fully saturated rings. The van der Waals surface area contributed by atoms with Crippen molar-refractivity contribution in [3.05, 3.63) is 76.3 Å². The Hall–Kier alpha value is -2.74. The maximum absolute atomic E-state index is 13.9. The van der Waals surface area contributed by atoms with Crippen molar-refractivity contribution in [1.29, 1.82) is 0 Å². The first kappa shape index (κ1) is 16.7. The Morgan fingerprint density at radius 3 is 2.58 bits per heavy atom. The van der Waals surface area contributed by atoms with Gasteiger partial charge in [0.2, 0.25) is 0 Å². The van der Waals surface area contributed by atoms with E-state index in [9.17, 15) is 13.2 Å². The van der Waals surface area contributed by atoms with Gasteiger partial charge in [-0.25, -0.2) is 23.1 Å². The van der Waals surface area contributed by atoms with Crippen LogP contribution in [-0.4, -0.2) is 19.7 Å². The molecular formula is C18H10BrF3N4. The summed E-state index contributed by atoms with van der Waals surface area (Å²) in [6, 6.07) is 8.66. The lowest BCUT2D eigenvalue weighted by Gasteiger charge is -2.07. The van der Waals surface area contributed by atoms with Crippen molar-refractivity contribution in [2.75, 3.05) is 0 Å². The second-order valence-electron chi connectivity index (χ2n) is 5.64. The number of fused-ring (bicyclic) bond motifs is 1. The highest BCUT2D eigenvalue weighted by Crippen LogP contribution is 2.27. The molecule has 2 aliphatic rings. The molecule has 0 aliphatic carbocycles. The van der Waals surface area contributed by atoms with Gasteiger partial charge < -0.3 is 0 Å². The molecule has 0 bridgehead atoms. The van der Waals surface area contributed by atoms with Gasteiger partial charge in [0.15, 0.2) is 17.5 Å². The van der Waals surface area contributed by atoms with Gasteiger partial charge in [-0.05, 0) is 45.8 Å². The Bertz CT molecular complexity index is 1080. The van der Waals surface area contributed by atoms with Crippen molar-refractivity contribution >= 4 is 15.9 Å². The fourth-order valence-electron chi connectivity index (χ4n) is 2.57. The summed E-state index contributed by atoms with van der Waals surface area (Å²) in [5, 5.41) is 4.21. The summed E-state index contributed by atoms with van der Waals surface area (Å²) in [6.07, 6.45) is 3.11. The van der Waals surface area contributed by atoms with E-state index in [-0.39, 0.29) is 17.2 Å². The number of nitrogens with zero attached hydrogens (tertiary/aromatic N) is 4. The lowest BCUT2D eigenvalue weighted by molar-refractivity contribution is 0.510. The van der Waals surface area contributed by atoms with Gasteiger partial charge in [0.05, 0.1) is 29.0 Å². The van der Waals surface area contributed by atoms with E-state index >= 15 is 0 Å². The Labute approximate surface area is 154 Å². The van der Waals surface area contributed by atoms with E-state index < -0.39 is 11.6 Å². The first-order chi connectivity index (χ1) is 12.5. The highest BCUT2D eigenvalue weighted by molar-refractivity contribution is 9.10. The van der Waals surface area contributed by atoms with E-state index in [2.05, 4.69) is 31.0 Å². The Kier molecular flexibility index (Phi) is 4.20. The summed E-state index contributed by atoms with van der Waals surface area (Å²) in [6.45, 7) is 0.330. The number of halogens is 4. The van der Waals surface area contributed by atoms with Crippen molar-refractivity contribution in [3.8, 4) is 22.8 Å². The second-order valence-corrected chi connectivity index (χ2v) is 6.49. The third kappa shape index (κ3) is 3.08. The predicted molar refractivity (Wildman–Crippen MR) is 93.0 cm³/mol. The summed E-state index contributed by atoms with van der Waals surface area (Å²) < 4.78 is 42.9. The monoisotopic (exact) mass is 418 g/mol. The van der Waals surface area contributed by atoms with Crippen LogP contribution >= 0.6 is 15.9 Å². The summed E-state index contributed by atoms with van der Waals surface area (Å²) in [7, 11) is 0. The third-order valence-corrected chi connectivity index (χ3v) is 4.48. The number of aromatic nitrogens is 4. The van der Waals surface area contributed by atoms with Crippen LogP contribution in [0.3, 0.4) is 0 Å². The SMILES string of the molecule is Fc1cc(Cn2cc3nc(-c4cccc(F)c4F)nc-3cn2)ccc1Br. The van der Waals surface area contributed by atoms with Crippen LogP contribution in [0, 0.1) is 17.5 Å². The third-order valence-electron chi connectivity index (χ3n) is 3.84. The molecule has 2 aromatic rings. The zero-order valence-corrected chi connectivity index (χ0v) is 14.7. The molecule has 0 N–H and O–H groups in total. The van der Waals surface area contributed by atoms with Gasteiger partial charge in [-0.15, -0.1) is 0 Å². The van der Waals surface area contributed by atoms with Crippen molar-refractivity contribution in [3.63, 3.8) is 0 Å². The lowest BCUT2D eigenvalue weighted by Crippen LogP contribution is -2.05. The molecule has 0 amide bonds. The Morgan fingerprint density at radius 1 is 0.962 bits per heavy atom. The van der Waals surface area contributed by atoms with Gasteiger partial charge in [0.25, 0.3) is 0 Å². The molecule has 0 unspecified atom stereocenters. The van der Waals surface area contributed by atoms with Crippen LogP contribution < -0.4 is 0 Å². The maximum atomic E-state index is 13.9. The molecular weight excluding hydrogens is 409 g/mol. The van der Waals surface area contributed by atoms with Crippen LogP contribution in [0.2, 0.25) is 0 Å². The Morgan fingerprint density at radius 2 is 1.77 bits per heavy atom. The molecule has 0 saturated carbocycles. The topological polar surface area (TPSA) is 43.6 Å². The molecule has 2 heterocycles. The zero-order chi connectivity index (χ0) is 18.3. The number of benzene rings is 2. The molecule has 0 spiro atoms. The van der Waals surface area contributed by atoms with Crippen LogP contribution in [0.25, 0.3) is 22.8 Å². The summed E-state index contributed by atoms with van der Waals surface area (Å²) in [4.78, 5) is 8.46. The first-order valence-electron chi connectivity index (χ1n) is 7.60. The molecule has 0 aromatic heterocycles. The fourth-order valence-corrected chi connectivity index (χ4v) is 2.82. The van der Waals surface area contributed by atoms with Crippen molar-refractivity contribution in [2.45, 2.75) is 6.54 Å². The number of hydrogen-bond donors (Lipinski definition) is 0. The summed E-state index contributed by atoms with van der Waals surface area (Å²) in [5.74, 6) is -2.22. The van der Waals surface area contributed by atoms with Gasteiger partial charge >= 0.3 is 0 Å². The van der Waals surface area contributed by atoms with Crippen LogP contribution in [-0.2, 0) is 6.54 Å². The van der Waals surface area contributed by atoms with Crippen molar-refractivity contribution < 1.29 is 13.2 Å². The molecule has 2 aromatic carbocycles. The minimum absolute atomic E-state index is 0.0114. The fraction of sp³-hybridized carbons (Fsp3) is 0.0556. The molecule has 130 valence electrons. The number of rotatable bonds is 3. The van der Waals surface area contributed by atoms with E-state index in [1.807, 2.05) is 0 Å². The molecule has 26 heavy (non-hydrogen) atoms. The van der Waals surface area contributed by atoms with Crippen LogP contribution in [0.15, 0.2) is 53.3 Å². The number of hydrogen-bond acceptors (Lipinski definition) is 3. The van der Waals surface area contributed by atoms with Gasteiger partial charge in [-0.2, -0.15) is 5.10 Å². The molecule has 0 radical (unpaired) electrons. The molecule has 4 nitrogen and oxygen atoms in total. The second kappa shape index (κ2) is 6.53. The summed E-state index contributed by atoms with van der Waals surface area (Å²) in [5.41, 5.74) is 1.65. The predicted octanol–water partition coefficient (Wildman–Crippen LogP) is 4.67. The highest BCUT2D eigenvalue weighted by atomic mass is 79.9. The molecule has 8 heteroatoms. The smallest absolute Gasteiger partial charge is 0.169 e. The minimum atomic E-state index is -0.992. The average Bonchev–Trinajstić information content (AvgIpc) is 3.03. The molecule has 2 aliphatic heterocycles. The molecule has 4 rings (SSSR count). The lowest BCUT2D eigenvalue weighted by atomic mass is 10.2. The largest absolute Gasteiger partial charge is 0.266 e. The maximum Gasteiger partial charge on any atom is 0.169 e. The van der Waals surface area contributed by atoms with Crippen LogP contribution in [0.5, 0.6) is 0 Å². The van der Waals surface area contributed by atoms with Gasteiger partial charge in [-0.1, -0.05) is 12.1 Å². The standard InChI is InChI=1S/C18H10BrF3N4/c19-12-5-4-10(6-14(12)21)8-26-9-16-15(7-23-26)24-18(25-16)11-2-1-3-13(20)17(11)22/h1-7,9H,8H2. The number of imidazole rings is 1. The minimum Gasteiger partial charge on any atom is -0.266 e. The quantitative estimate of drug-likeness (QED) is 0.485. The first-order valence-corrected chi connectivity index (χ1v) is 8.39. The van der Waals surface area contributed by atoms with Crippen LogP contribution in [0.1, 0.15) is 5.56 Å². The average molecular weight is 419 g/mol. The zero-order valence-electron chi connectivity index (χ0n) is 13.1. The highest BCUT2D eigenvalue weighted by Gasteiger charge is 2.18. The van der Waals surface area contributed by atoms with E-state index in [0.717, 1.165) is 11.6 Å². The van der Waals surface area contributed by atoms with E-state index in [1.165, 1.54) is 24.4 Å². The summed E-state index contributed by atoms with van der Waals surface area (Å²) >= 11 is 3.11. The van der Waals surface area contributed by atoms with Gasteiger partial charge in [0, 0.05) is 0 Å². The van der Waals surface area contributed by atoms with Crippen molar-refractivity contribution in [2.24, 2.45) is 0 Å². The molecule has 0 saturated heterocycles. The molecule has 0 atom stereocenters. The van der Waals surface area contributed by atoms with Gasteiger partial charge in [0.1, 0.15) is 17.2 Å². The normalized spacial score (nSPS) is 11.2.